The molecular weight excluding hydrogens is 332 g/mol. The summed E-state index contributed by atoms with van der Waals surface area (Å²) < 4.78 is 7.43. The van der Waals surface area contributed by atoms with Crippen molar-refractivity contribution in [2.45, 2.75) is 33.9 Å². The van der Waals surface area contributed by atoms with Gasteiger partial charge in [-0.2, -0.15) is 0 Å². The molecule has 2 heterocycles. The van der Waals surface area contributed by atoms with Gasteiger partial charge in [-0.1, -0.05) is 13.8 Å². The summed E-state index contributed by atoms with van der Waals surface area (Å²) in [6, 6.07) is 6.94. The molecule has 0 saturated heterocycles. The van der Waals surface area contributed by atoms with Crippen molar-refractivity contribution in [3.8, 4) is 11.5 Å². The van der Waals surface area contributed by atoms with Gasteiger partial charge in [0.2, 0.25) is 11.8 Å². The lowest BCUT2D eigenvalue weighted by Gasteiger charge is -2.12. The highest BCUT2D eigenvalue weighted by atomic mass is 16.4. The van der Waals surface area contributed by atoms with Crippen LogP contribution in [-0.2, 0) is 13.1 Å². The molecule has 3 rings (SSSR count). The molecule has 8 nitrogen and oxygen atoms in total. The molecule has 0 atom stereocenters. The molecule has 0 aliphatic carbocycles. The molecule has 0 aliphatic rings. The Morgan fingerprint density at radius 3 is 2.65 bits per heavy atom. The van der Waals surface area contributed by atoms with Crippen LogP contribution < -0.4 is 10.6 Å². The third-order valence-electron chi connectivity index (χ3n) is 3.71. The Morgan fingerprint density at radius 2 is 2.00 bits per heavy atom. The lowest BCUT2D eigenvalue weighted by atomic mass is 10.2. The highest BCUT2D eigenvalue weighted by Gasteiger charge is 2.08. The Balaban J connectivity index is 1.54. The van der Waals surface area contributed by atoms with Crippen molar-refractivity contribution >= 4 is 11.7 Å². The van der Waals surface area contributed by atoms with Crippen molar-refractivity contribution in [2.24, 2.45) is 5.92 Å². The molecule has 0 bridgehead atoms. The van der Waals surface area contributed by atoms with E-state index in [0.717, 1.165) is 17.8 Å². The molecule has 0 saturated carbocycles. The van der Waals surface area contributed by atoms with Crippen LogP contribution in [0.3, 0.4) is 0 Å². The Kier molecular flexibility index (Phi) is 5.31. The fourth-order valence-electron chi connectivity index (χ4n) is 2.51. The van der Waals surface area contributed by atoms with Crippen molar-refractivity contribution in [1.29, 1.82) is 0 Å². The number of carbonyl (C=O) groups is 1. The monoisotopic (exact) mass is 354 g/mol. The average molecular weight is 354 g/mol. The van der Waals surface area contributed by atoms with Crippen LogP contribution in [0.5, 0.6) is 0 Å². The zero-order chi connectivity index (χ0) is 18.5. The number of urea groups is 1. The van der Waals surface area contributed by atoms with E-state index < -0.39 is 0 Å². The minimum atomic E-state index is -0.274. The summed E-state index contributed by atoms with van der Waals surface area (Å²) in [6.07, 6.45) is 3.55. The second kappa shape index (κ2) is 7.81. The molecule has 2 aromatic heterocycles. The smallest absolute Gasteiger partial charge is 0.319 e. The fourth-order valence-corrected chi connectivity index (χ4v) is 2.51. The highest BCUT2D eigenvalue weighted by Crippen LogP contribution is 2.20. The molecular formula is C18H22N6O2. The van der Waals surface area contributed by atoms with E-state index in [1.54, 1.807) is 31.6 Å². The number of benzene rings is 1. The number of amides is 2. The minimum absolute atomic E-state index is 0.274. The summed E-state index contributed by atoms with van der Waals surface area (Å²) in [5, 5.41) is 13.4. The van der Waals surface area contributed by atoms with Crippen LogP contribution in [0.15, 0.2) is 41.2 Å². The summed E-state index contributed by atoms with van der Waals surface area (Å²) in [5.74, 6) is 1.48. The topological polar surface area (TPSA) is 97.9 Å². The van der Waals surface area contributed by atoms with E-state index in [4.69, 9.17) is 4.42 Å². The first-order valence-corrected chi connectivity index (χ1v) is 8.45. The maximum atomic E-state index is 12.1. The molecule has 2 amide bonds. The van der Waals surface area contributed by atoms with Gasteiger partial charge in [0, 0.05) is 30.9 Å². The Bertz CT molecular complexity index is 866. The zero-order valence-electron chi connectivity index (χ0n) is 15.1. The van der Waals surface area contributed by atoms with Crippen molar-refractivity contribution < 1.29 is 9.21 Å². The van der Waals surface area contributed by atoms with Crippen LogP contribution in [0.4, 0.5) is 10.5 Å². The van der Waals surface area contributed by atoms with E-state index in [1.165, 1.54) is 0 Å². The zero-order valence-corrected chi connectivity index (χ0v) is 15.1. The molecule has 1 aromatic carbocycles. The van der Waals surface area contributed by atoms with Gasteiger partial charge in [-0.25, -0.2) is 9.78 Å². The number of aryl methyl sites for hydroxylation is 1. The van der Waals surface area contributed by atoms with Gasteiger partial charge in [-0.05, 0) is 30.2 Å². The molecule has 0 radical (unpaired) electrons. The molecule has 0 aliphatic heterocycles. The van der Waals surface area contributed by atoms with Crippen LogP contribution in [0.2, 0.25) is 0 Å². The lowest BCUT2D eigenvalue weighted by molar-refractivity contribution is 0.251. The SMILES string of the molecule is Cc1nnc(-c2ccc(NC(=O)NCc3cncn3CC(C)C)cc2)o1. The maximum Gasteiger partial charge on any atom is 0.319 e. The fraction of sp³-hybridized carbons (Fsp3) is 0.333. The third kappa shape index (κ3) is 4.47. The normalized spacial score (nSPS) is 10.9. The number of hydrogen-bond acceptors (Lipinski definition) is 5. The number of nitrogens with one attached hydrogen (secondary N) is 2. The van der Waals surface area contributed by atoms with Crippen LogP contribution >= 0.6 is 0 Å². The standard InChI is InChI=1S/C18H22N6O2/c1-12(2)10-24-11-19-8-16(24)9-20-18(25)21-15-6-4-14(5-7-15)17-23-22-13(3)26-17/h4-8,11-12H,9-10H2,1-3H3,(H2,20,21,25). The highest BCUT2D eigenvalue weighted by molar-refractivity contribution is 5.89. The Hall–Kier alpha value is -3.16. The molecule has 0 spiro atoms. The molecule has 136 valence electrons. The van der Waals surface area contributed by atoms with Gasteiger partial charge in [0.05, 0.1) is 18.6 Å². The van der Waals surface area contributed by atoms with E-state index in [0.29, 0.717) is 29.9 Å². The second-order valence-corrected chi connectivity index (χ2v) is 6.44. The lowest BCUT2D eigenvalue weighted by Crippen LogP contribution is -2.29. The van der Waals surface area contributed by atoms with Crippen molar-refractivity contribution in [2.75, 3.05) is 5.32 Å². The average Bonchev–Trinajstić information content (AvgIpc) is 3.22. The van der Waals surface area contributed by atoms with Gasteiger partial charge in [-0.15, -0.1) is 10.2 Å². The van der Waals surface area contributed by atoms with E-state index in [9.17, 15) is 4.79 Å². The maximum absolute atomic E-state index is 12.1. The van der Waals surface area contributed by atoms with E-state index >= 15 is 0 Å². The van der Waals surface area contributed by atoms with Gasteiger partial charge < -0.3 is 19.6 Å². The first-order valence-electron chi connectivity index (χ1n) is 8.45. The third-order valence-corrected chi connectivity index (χ3v) is 3.71. The molecule has 2 N–H and O–H groups in total. The van der Waals surface area contributed by atoms with Gasteiger partial charge >= 0.3 is 6.03 Å². The van der Waals surface area contributed by atoms with Gasteiger partial charge in [-0.3, -0.25) is 0 Å². The van der Waals surface area contributed by atoms with Crippen LogP contribution in [0.1, 0.15) is 25.4 Å². The van der Waals surface area contributed by atoms with Crippen molar-refractivity contribution in [1.82, 2.24) is 25.1 Å². The number of rotatable bonds is 6. The summed E-state index contributed by atoms with van der Waals surface area (Å²) >= 11 is 0. The number of anilines is 1. The number of nitrogens with zero attached hydrogens (tertiary/aromatic N) is 4. The summed E-state index contributed by atoms with van der Waals surface area (Å²) in [6.45, 7) is 7.31. The quantitative estimate of drug-likeness (QED) is 0.708. The van der Waals surface area contributed by atoms with E-state index in [2.05, 4.69) is 39.7 Å². The first-order chi connectivity index (χ1) is 12.5. The summed E-state index contributed by atoms with van der Waals surface area (Å²) in [5.41, 5.74) is 2.45. The van der Waals surface area contributed by atoms with E-state index in [-0.39, 0.29) is 6.03 Å². The largest absolute Gasteiger partial charge is 0.421 e. The van der Waals surface area contributed by atoms with Gasteiger partial charge in [0.25, 0.3) is 0 Å². The molecule has 3 aromatic rings. The molecule has 8 heteroatoms. The van der Waals surface area contributed by atoms with Crippen LogP contribution in [-0.4, -0.2) is 25.8 Å². The first kappa shape index (κ1) is 17.7. The second-order valence-electron chi connectivity index (χ2n) is 6.44. The van der Waals surface area contributed by atoms with Gasteiger partial charge in [0.1, 0.15) is 0 Å². The molecule has 26 heavy (non-hydrogen) atoms. The predicted octanol–water partition coefficient (Wildman–Crippen LogP) is 3.22. The van der Waals surface area contributed by atoms with Crippen LogP contribution in [0.25, 0.3) is 11.5 Å². The van der Waals surface area contributed by atoms with E-state index in [1.807, 2.05) is 16.7 Å². The summed E-state index contributed by atoms with van der Waals surface area (Å²) in [4.78, 5) is 16.3. The number of carbonyl (C=O) groups excluding carboxylic acids is 1. The molecule has 0 unspecified atom stereocenters. The Labute approximate surface area is 151 Å². The minimum Gasteiger partial charge on any atom is -0.421 e. The van der Waals surface area contributed by atoms with Crippen molar-refractivity contribution in [3.05, 3.63) is 48.4 Å². The number of imidazole rings is 1. The number of aromatic nitrogens is 4. The van der Waals surface area contributed by atoms with Crippen molar-refractivity contribution in [3.63, 3.8) is 0 Å². The predicted molar refractivity (Wildman–Crippen MR) is 97.4 cm³/mol. The van der Waals surface area contributed by atoms with Crippen LogP contribution in [0, 0.1) is 12.8 Å². The number of hydrogen-bond donors (Lipinski definition) is 2. The Morgan fingerprint density at radius 1 is 1.23 bits per heavy atom. The molecule has 0 fully saturated rings. The summed E-state index contributed by atoms with van der Waals surface area (Å²) in [7, 11) is 0. The van der Waals surface area contributed by atoms with Gasteiger partial charge in [0.15, 0.2) is 0 Å².